The predicted octanol–water partition coefficient (Wildman–Crippen LogP) is 5.48. The lowest BCUT2D eigenvalue weighted by molar-refractivity contribution is -0.149. The first-order valence-corrected chi connectivity index (χ1v) is 18.9. The fourth-order valence-electron chi connectivity index (χ4n) is 6.03. The van der Waals surface area contributed by atoms with Gasteiger partial charge in [0.15, 0.2) is 12.2 Å². The monoisotopic (exact) mass is 781 g/mol. The van der Waals surface area contributed by atoms with E-state index in [0.717, 1.165) is 35.5 Å². The summed E-state index contributed by atoms with van der Waals surface area (Å²) in [5.41, 5.74) is 0.676. The molecule has 3 aliphatic heterocycles. The van der Waals surface area contributed by atoms with E-state index in [0.29, 0.717) is 35.0 Å². The number of rotatable bonds is 16. The maximum atomic E-state index is 15.3. The number of fused-ring (bicyclic) bond motifs is 1. The van der Waals surface area contributed by atoms with Crippen LogP contribution < -0.4 is 4.74 Å². The van der Waals surface area contributed by atoms with E-state index >= 15 is 8.78 Å². The van der Waals surface area contributed by atoms with E-state index in [2.05, 4.69) is 16.4 Å². The molecule has 0 bridgehead atoms. The number of amidine groups is 1. The van der Waals surface area contributed by atoms with Gasteiger partial charge in [0, 0.05) is 25.2 Å². The second kappa shape index (κ2) is 17.9. The number of aliphatic hydroxyl groups excluding tert-OH is 1. The Morgan fingerprint density at radius 2 is 1.87 bits per heavy atom. The van der Waals surface area contributed by atoms with Crippen LogP contribution >= 0.6 is 7.82 Å². The number of nitrogens with zero attached hydrogens (tertiary/aromatic N) is 3. The van der Waals surface area contributed by atoms with Gasteiger partial charge in [-0.3, -0.25) is 9.42 Å². The minimum Gasteiger partial charge on any atom is -0.497 e. The fourth-order valence-corrected chi connectivity index (χ4v) is 6.37. The third-order valence-electron chi connectivity index (χ3n) is 8.99. The zero-order chi connectivity index (χ0) is 39.0. The van der Waals surface area contributed by atoms with Crippen LogP contribution in [0.3, 0.4) is 0 Å². The van der Waals surface area contributed by atoms with Crippen molar-refractivity contribution in [2.75, 3.05) is 34.5 Å². The lowest BCUT2D eigenvalue weighted by Crippen LogP contribution is -2.48. The summed E-state index contributed by atoms with van der Waals surface area (Å²) >= 11 is 0. The molecule has 0 saturated carbocycles. The zero-order valence-corrected chi connectivity index (χ0v) is 31.3. The van der Waals surface area contributed by atoms with Gasteiger partial charge in [0.1, 0.15) is 54.0 Å². The van der Waals surface area contributed by atoms with Gasteiger partial charge in [-0.1, -0.05) is 38.3 Å². The van der Waals surface area contributed by atoms with Gasteiger partial charge < -0.3 is 48.2 Å². The molecule has 0 aromatic heterocycles. The maximum Gasteiger partial charge on any atom is 0.469 e. The van der Waals surface area contributed by atoms with Gasteiger partial charge in [-0.25, -0.2) is 14.4 Å². The molecule has 5 rings (SSSR count). The molecule has 1 amide bonds. The number of likely N-dealkylation sites (N-methyl/N-ethyl adjacent to an activating group) is 1. The number of halogens is 2. The summed E-state index contributed by atoms with van der Waals surface area (Å²) in [5.74, 6) is -1.24. The minimum absolute atomic E-state index is 0.0250. The number of hydrogen-bond donors (Lipinski definition) is 3. The van der Waals surface area contributed by atoms with Crippen molar-refractivity contribution in [3.63, 3.8) is 0 Å². The maximum absolute atomic E-state index is 15.3. The van der Waals surface area contributed by atoms with Crippen molar-refractivity contribution in [2.45, 2.75) is 76.1 Å². The highest BCUT2D eigenvalue weighted by Crippen LogP contribution is 2.43. The molecule has 1 aromatic rings. The van der Waals surface area contributed by atoms with Crippen molar-refractivity contribution in [3.05, 3.63) is 89.5 Å². The number of hydrogen-bond acceptors (Lipinski definition) is 12. The summed E-state index contributed by atoms with van der Waals surface area (Å²) in [7, 11) is -0.421. The molecule has 15 nitrogen and oxygen atoms in total. The molecule has 0 radical (unpaired) electrons. The van der Waals surface area contributed by atoms with E-state index in [1.54, 1.807) is 50.6 Å². The van der Waals surface area contributed by atoms with Crippen LogP contribution in [0.5, 0.6) is 5.75 Å². The molecule has 3 heterocycles. The van der Waals surface area contributed by atoms with Crippen LogP contribution in [0.4, 0.5) is 13.6 Å². The average molecular weight is 782 g/mol. The first kappa shape index (κ1) is 40.9. The van der Waals surface area contributed by atoms with Gasteiger partial charge in [0.05, 0.1) is 20.8 Å². The van der Waals surface area contributed by atoms with E-state index in [1.165, 1.54) is 19.3 Å². The van der Waals surface area contributed by atoms with Crippen molar-refractivity contribution in [1.82, 2.24) is 9.80 Å². The van der Waals surface area contributed by atoms with E-state index in [-0.39, 0.29) is 36.9 Å². The van der Waals surface area contributed by atoms with Gasteiger partial charge in [0.25, 0.3) is 0 Å². The third-order valence-corrected chi connectivity index (χ3v) is 9.47. The van der Waals surface area contributed by atoms with Gasteiger partial charge in [0.2, 0.25) is 6.23 Å². The Labute approximate surface area is 312 Å². The molecular formula is C36H46F2N3O12P. The van der Waals surface area contributed by atoms with Crippen LogP contribution in [0.25, 0.3) is 0 Å². The number of carbonyl (C=O) groups is 1. The fraction of sp³-hybridized carbons (Fsp3) is 0.500. The van der Waals surface area contributed by atoms with E-state index in [9.17, 15) is 14.5 Å². The van der Waals surface area contributed by atoms with E-state index in [4.69, 9.17) is 38.2 Å². The molecule has 296 valence electrons. The summed E-state index contributed by atoms with van der Waals surface area (Å²) in [6.07, 6.45) is 6.68. The van der Waals surface area contributed by atoms with Crippen LogP contribution in [0.1, 0.15) is 44.6 Å². The number of amides is 1. The number of aliphatic imine (C=N–C) groups is 1. The molecule has 0 spiro atoms. The van der Waals surface area contributed by atoms with Gasteiger partial charge in [-0.2, -0.15) is 8.78 Å². The largest absolute Gasteiger partial charge is 0.497 e. The second-order valence-electron chi connectivity index (χ2n) is 12.9. The lowest BCUT2D eigenvalue weighted by atomic mass is 9.96. The Bertz CT molecular complexity index is 1720. The van der Waals surface area contributed by atoms with Crippen molar-refractivity contribution < 1.29 is 66.0 Å². The molecular weight excluding hydrogens is 735 g/mol. The highest BCUT2D eigenvalue weighted by molar-refractivity contribution is 7.46. The minimum atomic E-state index is -5.01. The Morgan fingerprint density at radius 3 is 2.56 bits per heavy atom. The SMILES string of the molecule is CCCCCCC=C1N=C(N(C)C(=O)OCc2ccc(OCC3=CC4C=C(OC)C=C(OC)C4O3)cc2)C=CN1[C@@H]1OC(COP(=O)(O)O)[C@@H](O)C1(F)F. The van der Waals surface area contributed by atoms with Gasteiger partial charge in [-0.05, 0) is 54.8 Å². The Morgan fingerprint density at radius 1 is 1.11 bits per heavy atom. The number of aliphatic hydroxyl groups is 1. The van der Waals surface area contributed by atoms with Crippen LogP contribution in [0.15, 0.2) is 88.9 Å². The van der Waals surface area contributed by atoms with Gasteiger partial charge >= 0.3 is 19.8 Å². The molecule has 3 unspecified atom stereocenters. The molecule has 4 aliphatic rings. The van der Waals surface area contributed by atoms with Gasteiger partial charge in [-0.15, -0.1) is 0 Å². The van der Waals surface area contributed by atoms with Crippen LogP contribution in [0.2, 0.25) is 0 Å². The van der Waals surface area contributed by atoms with Crippen LogP contribution in [-0.2, 0) is 39.4 Å². The number of carbonyl (C=O) groups excluding carboxylic acids is 1. The number of methoxy groups -OCH3 is 2. The summed E-state index contributed by atoms with van der Waals surface area (Å²) in [6, 6.07) is 6.96. The predicted molar refractivity (Wildman–Crippen MR) is 189 cm³/mol. The molecule has 3 N–H and O–H groups in total. The zero-order valence-electron chi connectivity index (χ0n) is 30.4. The second-order valence-corrected chi connectivity index (χ2v) is 14.1. The molecule has 1 fully saturated rings. The Kier molecular flexibility index (Phi) is 13.6. The van der Waals surface area contributed by atoms with E-state index < -0.39 is 44.9 Å². The molecule has 1 aromatic carbocycles. The smallest absolute Gasteiger partial charge is 0.469 e. The highest BCUT2D eigenvalue weighted by atomic mass is 31.2. The third kappa shape index (κ3) is 10.1. The number of allylic oxidation sites excluding steroid dienone is 2. The highest BCUT2D eigenvalue weighted by Gasteiger charge is 2.61. The number of ether oxygens (including phenoxy) is 6. The number of unbranched alkanes of at least 4 members (excludes halogenated alkanes) is 4. The molecule has 54 heavy (non-hydrogen) atoms. The summed E-state index contributed by atoms with van der Waals surface area (Å²) in [6.45, 7) is 1.20. The molecule has 1 aliphatic carbocycles. The standard InChI is InChI=1S/C36H46F2N3O12P/c1-5-6-7-8-9-10-31-39-30(15-16-41(31)34-36(37,38)33(42)29(53-34)22-51-54(44,45)46)40(2)35(43)50-20-23-11-13-25(14-12-23)49-21-27-18-24-17-26(47-3)19-28(48-4)32(24)52-27/h10-19,24,29,32-34,42H,5-9,20-22H2,1-4H3,(H2,44,45,46)/t24?,29?,32?,33-,34-/m1/s1. The summed E-state index contributed by atoms with van der Waals surface area (Å²) in [5, 5.41) is 10.3. The number of benzene rings is 1. The number of alkyl halides is 2. The first-order chi connectivity index (χ1) is 25.7. The van der Waals surface area contributed by atoms with Crippen molar-refractivity contribution in [3.8, 4) is 5.75 Å². The quantitative estimate of drug-likeness (QED) is 0.142. The van der Waals surface area contributed by atoms with E-state index in [1.807, 2.05) is 12.2 Å². The van der Waals surface area contributed by atoms with Crippen molar-refractivity contribution in [2.24, 2.45) is 10.9 Å². The Balaban J connectivity index is 1.18. The number of phosphoric acid groups is 1. The molecule has 18 heteroatoms. The summed E-state index contributed by atoms with van der Waals surface area (Å²) in [4.78, 5) is 37.7. The summed E-state index contributed by atoms with van der Waals surface area (Å²) < 4.78 is 79.7. The van der Waals surface area contributed by atoms with Crippen molar-refractivity contribution in [1.29, 1.82) is 0 Å². The normalized spacial score (nSPS) is 25.2. The number of phosphoric ester groups is 1. The van der Waals surface area contributed by atoms with Crippen molar-refractivity contribution >= 4 is 19.8 Å². The lowest BCUT2D eigenvalue weighted by Gasteiger charge is -2.33. The molecule has 1 saturated heterocycles. The Hall–Kier alpha value is -4.25. The first-order valence-electron chi connectivity index (χ1n) is 17.4. The molecule has 5 atom stereocenters. The van der Waals surface area contributed by atoms with Crippen LogP contribution in [-0.4, -0.2) is 102 Å². The topological polar surface area (TPSA) is 178 Å². The van der Waals surface area contributed by atoms with Crippen LogP contribution in [0, 0.1) is 5.92 Å². The average Bonchev–Trinajstić information content (AvgIpc) is 3.67.